The highest BCUT2D eigenvalue weighted by Crippen LogP contribution is 2.25. The SMILES string of the molecule is CCC(N)Cc1ccc(N(CC)CCOC)cc1Br. The number of halogens is 1. The summed E-state index contributed by atoms with van der Waals surface area (Å²) in [5.41, 5.74) is 8.52. The number of nitrogens with zero attached hydrogens (tertiary/aromatic N) is 1. The minimum Gasteiger partial charge on any atom is -0.383 e. The van der Waals surface area contributed by atoms with E-state index in [4.69, 9.17) is 10.5 Å². The minimum atomic E-state index is 0.234. The van der Waals surface area contributed by atoms with Gasteiger partial charge in [0.1, 0.15) is 0 Å². The number of ether oxygens (including phenoxy) is 1. The molecule has 108 valence electrons. The Kier molecular flexibility index (Phi) is 7.42. The Bertz CT molecular complexity index is 384. The van der Waals surface area contributed by atoms with Crippen molar-refractivity contribution in [1.82, 2.24) is 0 Å². The summed E-state index contributed by atoms with van der Waals surface area (Å²) in [4.78, 5) is 2.30. The van der Waals surface area contributed by atoms with E-state index in [2.05, 4.69) is 52.9 Å². The van der Waals surface area contributed by atoms with Gasteiger partial charge in [-0.25, -0.2) is 0 Å². The highest BCUT2D eigenvalue weighted by Gasteiger charge is 2.09. The van der Waals surface area contributed by atoms with Gasteiger partial charge in [-0.2, -0.15) is 0 Å². The Labute approximate surface area is 125 Å². The van der Waals surface area contributed by atoms with Crippen LogP contribution < -0.4 is 10.6 Å². The van der Waals surface area contributed by atoms with Crippen LogP contribution in [0.5, 0.6) is 0 Å². The summed E-state index contributed by atoms with van der Waals surface area (Å²) in [5, 5.41) is 0. The van der Waals surface area contributed by atoms with Crippen molar-refractivity contribution in [2.45, 2.75) is 32.7 Å². The van der Waals surface area contributed by atoms with Crippen LogP contribution in [0.2, 0.25) is 0 Å². The Hall–Kier alpha value is -0.580. The number of likely N-dealkylation sites (N-methyl/N-ethyl adjacent to an activating group) is 1. The molecule has 0 heterocycles. The second kappa shape index (κ2) is 8.56. The molecule has 0 aliphatic carbocycles. The molecule has 0 bridgehead atoms. The summed E-state index contributed by atoms with van der Waals surface area (Å²) in [6.45, 7) is 6.91. The van der Waals surface area contributed by atoms with Crippen LogP contribution in [0.3, 0.4) is 0 Å². The van der Waals surface area contributed by atoms with Gasteiger partial charge in [0.15, 0.2) is 0 Å². The second-order valence-electron chi connectivity index (χ2n) is 4.72. The monoisotopic (exact) mass is 328 g/mol. The van der Waals surface area contributed by atoms with E-state index in [1.54, 1.807) is 7.11 Å². The average Bonchev–Trinajstić information content (AvgIpc) is 2.42. The molecule has 0 aliphatic rings. The van der Waals surface area contributed by atoms with Crippen molar-refractivity contribution < 1.29 is 4.74 Å². The summed E-state index contributed by atoms with van der Waals surface area (Å²) in [5.74, 6) is 0. The fourth-order valence-corrected chi connectivity index (χ4v) is 2.53. The molecule has 1 atom stereocenters. The first-order valence-corrected chi connectivity index (χ1v) is 7.69. The van der Waals surface area contributed by atoms with Crippen molar-refractivity contribution in [2.24, 2.45) is 5.73 Å². The lowest BCUT2D eigenvalue weighted by Gasteiger charge is -2.23. The number of rotatable bonds is 8. The van der Waals surface area contributed by atoms with Gasteiger partial charge in [0.2, 0.25) is 0 Å². The first-order valence-electron chi connectivity index (χ1n) is 6.90. The number of hydrogen-bond donors (Lipinski definition) is 1. The molecule has 0 aromatic heterocycles. The van der Waals surface area contributed by atoms with Crippen molar-refractivity contribution >= 4 is 21.6 Å². The number of hydrogen-bond acceptors (Lipinski definition) is 3. The maximum absolute atomic E-state index is 6.02. The van der Waals surface area contributed by atoms with E-state index < -0.39 is 0 Å². The third-order valence-electron chi connectivity index (χ3n) is 3.36. The fourth-order valence-electron chi connectivity index (χ4n) is 2.00. The van der Waals surface area contributed by atoms with Crippen molar-refractivity contribution in [1.29, 1.82) is 0 Å². The Morgan fingerprint density at radius 1 is 1.37 bits per heavy atom. The van der Waals surface area contributed by atoms with Crippen molar-refractivity contribution in [2.75, 3.05) is 31.7 Å². The average molecular weight is 329 g/mol. The van der Waals surface area contributed by atoms with Crippen molar-refractivity contribution in [3.05, 3.63) is 28.2 Å². The maximum atomic E-state index is 6.02. The van der Waals surface area contributed by atoms with Crippen molar-refractivity contribution in [3.63, 3.8) is 0 Å². The normalized spacial score (nSPS) is 12.5. The molecule has 0 fully saturated rings. The van der Waals surface area contributed by atoms with Gasteiger partial charge in [0.25, 0.3) is 0 Å². The molecule has 1 unspecified atom stereocenters. The first kappa shape index (κ1) is 16.5. The van der Waals surface area contributed by atoms with E-state index in [0.717, 1.165) is 37.0 Å². The van der Waals surface area contributed by atoms with Crippen LogP contribution in [0.1, 0.15) is 25.8 Å². The van der Waals surface area contributed by atoms with Gasteiger partial charge in [-0.15, -0.1) is 0 Å². The predicted molar refractivity (Wildman–Crippen MR) is 85.9 cm³/mol. The molecule has 1 aromatic rings. The van der Waals surface area contributed by atoms with E-state index in [1.807, 2.05) is 0 Å². The van der Waals surface area contributed by atoms with Crippen LogP contribution in [-0.4, -0.2) is 32.8 Å². The van der Waals surface area contributed by atoms with Gasteiger partial charge in [0, 0.05) is 36.4 Å². The van der Waals surface area contributed by atoms with E-state index in [0.29, 0.717) is 0 Å². The lowest BCUT2D eigenvalue weighted by molar-refractivity contribution is 0.205. The number of methoxy groups -OCH3 is 1. The van der Waals surface area contributed by atoms with Crippen LogP contribution >= 0.6 is 15.9 Å². The molecule has 0 spiro atoms. The zero-order valence-corrected chi connectivity index (χ0v) is 13.7. The molecular weight excluding hydrogens is 304 g/mol. The van der Waals surface area contributed by atoms with Crippen LogP contribution in [0, 0.1) is 0 Å². The van der Waals surface area contributed by atoms with Gasteiger partial charge in [-0.1, -0.05) is 28.9 Å². The minimum absolute atomic E-state index is 0.234. The van der Waals surface area contributed by atoms with Gasteiger partial charge < -0.3 is 15.4 Å². The van der Waals surface area contributed by atoms with Crippen molar-refractivity contribution in [3.8, 4) is 0 Å². The number of anilines is 1. The van der Waals surface area contributed by atoms with E-state index in [-0.39, 0.29) is 6.04 Å². The molecule has 19 heavy (non-hydrogen) atoms. The fraction of sp³-hybridized carbons (Fsp3) is 0.600. The third kappa shape index (κ3) is 5.13. The Morgan fingerprint density at radius 3 is 2.63 bits per heavy atom. The number of benzene rings is 1. The summed E-state index contributed by atoms with van der Waals surface area (Å²) < 4.78 is 6.29. The molecule has 0 saturated carbocycles. The quantitative estimate of drug-likeness (QED) is 0.796. The van der Waals surface area contributed by atoms with Crippen LogP contribution in [0.15, 0.2) is 22.7 Å². The highest BCUT2D eigenvalue weighted by atomic mass is 79.9. The molecular formula is C15H25BrN2O. The van der Waals surface area contributed by atoms with Gasteiger partial charge in [0.05, 0.1) is 6.61 Å². The molecule has 3 nitrogen and oxygen atoms in total. The molecule has 0 aliphatic heterocycles. The largest absolute Gasteiger partial charge is 0.383 e. The van der Waals surface area contributed by atoms with Gasteiger partial charge in [-0.05, 0) is 37.5 Å². The number of nitrogens with two attached hydrogens (primary N) is 1. The lowest BCUT2D eigenvalue weighted by atomic mass is 10.0. The summed E-state index contributed by atoms with van der Waals surface area (Å²) in [7, 11) is 1.74. The molecule has 1 rings (SSSR count). The molecule has 0 radical (unpaired) electrons. The second-order valence-corrected chi connectivity index (χ2v) is 5.57. The summed E-state index contributed by atoms with van der Waals surface area (Å²) >= 11 is 3.66. The molecule has 4 heteroatoms. The van der Waals surface area contributed by atoms with E-state index in [9.17, 15) is 0 Å². The molecule has 0 amide bonds. The van der Waals surface area contributed by atoms with E-state index >= 15 is 0 Å². The molecule has 1 aromatic carbocycles. The third-order valence-corrected chi connectivity index (χ3v) is 4.09. The van der Waals surface area contributed by atoms with Crippen LogP contribution in [0.4, 0.5) is 5.69 Å². The molecule has 0 saturated heterocycles. The Morgan fingerprint density at radius 2 is 2.11 bits per heavy atom. The van der Waals surface area contributed by atoms with Gasteiger partial charge >= 0.3 is 0 Å². The first-order chi connectivity index (χ1) is 9.12. The van der Waals surface area contributed by atoms with Crippen LogP contribution in [-0.2, 0) is 11.2 Å². The summed E-state index contributed by atoms with van der Waals surface area (Å²) in [6.07, 6.45) is 1.92. The highest BCUT2D eigenvalue weighted by molar-refractivity contribution is 9.10. The zero-order chi connectivity index (χ0) is 14.3. The molecule has 2 N–H and O–H groups in total. The topological polar surface area (TPSA) is 38.5 Å². The van der Waals surface area contributed by atoms with Crippen LogP contribution in [0.25, 0.3) is 0 Å². The lowest BCUT2D eigenvalue weighted by Crippen LogP contribution is -2.27. The zero-order valence-electron chi connectivity index (χ0n) is 12.2. The Balaban J connectivity index is 2.79. The summed E-state index contributed by atoms with van der Waals surface area (Å²) in [6, 6.07) is 6.75. The maximum Gasteiger partial charge on any atom is 0.0637 e. The standard InChI is InChI=1S/C15H25BrN2O/c1-4-13(17)10-12-6-7-14(11-15(12)16)18(5-2)8-9-19-3/h6-7,11,13H,4-5,8-10,17H2,1-3H3. The smallest absolute Gasteiger partial charge is 0.0637 e. The predicted octanol–water partition coefficient (Wildman–Crippen LogP) is 3.20. The van der Waals surface area contributed by atoms with E-state index in [1.165, 1.54) is 11.3 Å². The van der Waals surface area contributed by atoms with Gasteiger partial charge in [-0.3, -0.25) is 0 Å².